The molecule has 0 aromatic carbocycles. The van der Waals surface area contributed by atoms with Crippen LogP contribution in [0.2, 0.25) is 0 Å². The van der Waals surface area contributed by atoms with Crippen LogP contribution in [0.4, 0.5) is 26.3 Å². The monoisotopic (exact) mass is 510 g/mol. The Hall–Kier alpha value is -0.760. The molecule has 0 amide bonds. The molecule has 4 fully saturated rings. The van der Waals surface area contributed by atoms with E-state index in [9.17, 15) is 36.6 Å². The SMILES string of the molecule is CC(C/C=C/C(O)(C(F)(F)F)C(F)(F)F)C1CCC2C3CCC4C[C@H](O)CCC4(C)C3CCC12C. The minimum atomic E-state index is -5.82. The highest BCUT2D eigenvalue weighted by Gasteiger charge is 2.69. The Bertz CT molecular complexity index is 792. The third kappa shape index (κ3) is 4.36. The van der Waals surface area contributed by atoms with E-state index in [1.165, 1.54) is 0 Å². The molecule has 0 saturated heterocycles. The number of halogens is 6. The van der Waals surface area contributed by atoms with Gasteiger partial charge in [-0.1, -0.05) is 26.8 Å². The van der Waals surface area contributed by atoms with Crippen molar-refractivity contribution in [3.8, 4) is 0 Å². The summed E-state index contributed by atoms with van der Waals surface area (Å²) in [5.41, 5.74) is -4.52. The molecule has 4 saturated carbocycles. The standard InChI is InChI=1S/C27H40F6O2/c1-16(5-4-12-25(35,26(28,29)30)27(31,32)33)20-8-9-21-19-7-6-17-15-18(34)10-13-23(17,2)22(19)11-14-24(20,21)3/h4,12,16-22,34-35H,5-11,13-15H2,1-3H3/b12-4+/t16?,17?,18-,19?,20?,21?,22?,23?,24?/m1/s1. The Labute approximate surface area is 204 Å². The first-order valence-electron chi connectivity index (χ1n) is 13.3. The van der Waals surface area contributed by atoms with E-state index in [0.717, 1.165) is 63.9 Å². The van der Waals surface area contributed by atoms with Gasteiger partial charge in [0.15, 0.2) is 0 Å². The van der Waals surface area contributed by atoms with Gasteiger partial charge in [0.2, 0.25) is 0 Å². The fourth-order valence-corrected chi connectivity index (χ4v) is 9.18. The predicted molar refractivity (Wildman–Crippen MR) is 121 cm³/mol. The van der Waals surface area contributed by atoms with Crippen molar-refractivity contribution in [3.05, 3.63) is 12.2 Å². The Morgan fingerprint density at radius 3 is 2.09 bits per heavy atom. The third-order valence-electron chi connectivity index (χ3n) is 11.1. The van der Waals surface area contributed by atoms with Gasteiger partial charge in [0.1, 0.15) is 0 Å². The van der Waals surface area contributed by atoms with Crippen molar-refractivity contribution >= 4 is 0 Å². The Morgan fingerprint density at radius 1 is 0.857 bits per heavy atom. The van der Waals surface area contributed by atoms with Crippen molar-refractivity contribution in [1.82, 2.24) is 0 Å². The zero-order valence-corrected chi connectivity index (χ0v) is 20.9. The fourth-order valence-electron chi connectivity index (χ4n) is 9.18. The topological polar surface area (TPSA) is 40.5 Å². The summed E-state index contributed by atoms with van der Waals surface area (Å²) in [4.78, 5) is 0. The number of hydrogen-bond donors (Lipinski definition) is 2. The van der Waals surface area contributed by atoms with Gasteiger partial charge in [-0.2, -0.15) is 26.3 Å². The van der Waals surface area contributed by atoms with Crippen molar-refractivity contribution in [3.63, 3.8) is 0 Å². The zero-order valence-electron chi connectivity index (χ0n) is 20.9. The second-order valence-corrected chi connectivity index (χ2v) is 12.7. The maximum Gasteiger partial charge on any atom is 0.429 e. The number of alkyl halides is 6. The minimum Gasteiger partial charge on any atom is -0.393 e. The molecule has 9 atom stereocenters. The molecule has 202 valence electrons. The van der Waals surface area contributed by atoms with Gasteiger partial charge in [0.05, 0.1) is 6.10 Å². The molecule has 4 aliphatic carbocycles. The molecule has 0 radical (unpaired) electrons. The van der Waals surface area contributed by atoms with E-state index < -0.39 is 18.0 Å². The second kappa shape index (κ2) is 8.92. The molecular weight excluding hydrogens is 470 g/mol. The highest BCUT2D eigenvalue weighted by Crippen LogP contribution is 2.68. The average Bonchev–Trinajstić information content (AvgIpc) is 3.09. The number of aliphatic hydroxyl groups is 2. The molecule has 4 rings (SSSR count). The van der Waals surface area contributed by atoms with Crippen LogP contribution in [0.25, 0.3) is 0 Å². The zero-order chi connectivity index (χ0) is 26.0. The molecule has 0 aromatic rings. The van der Waals surface area contributed by atoms with Crippen LogP contribution in [0.3, 0.4) is 0 Å². The molecule has 8 unspecified atom stereocenters. The molecule has 0 spiro atoms. The van der Waals surface area contributed by atoms with Gasteiger partial charge in [-0.15, -0.1) is 0 Å². The van der Waals surface area contributed by atoms with Gasteiger partial charge >= 0.3 is 12.4 Å². The van der Waals surface area contributed by atoms with Gasteiger partial charge in [-0.05, 0) is 117 Å². The lowest BCUT2D eigenvalue weighted by atomic mass is 9.44. The molecule has 35 heavy (non-hydrogen) atoms. The fraction of sp³-hybridized carbons (Fsp3) is 0.926. The lowest BCUT2D eigenvalue weighted by Crippen LogP contribution is -2.55. The normalized spacial score (nSPS) is 43.5. The second-order valence-electron chi connectivity index (χ2n) is 12.7. The highest BCUT2D eigenvalue weighted by molar-refractivity contribution is 5.13. The largest absolute Gasteiger partial charge is 0.429 e. The van der Waals surface area contributed by atoms with Crippen LogP contribution in [-0.2, 0) is 0 Å². The van der Waals surface area contributed by atoms with Gasteiger partial charge in [0.25, 0.3) is 5.60 Å². The van der Waals surface area contributed by atoms with Gasteiger partial charge in [0, 0.05) is 0 Å². The van der Waals surface area contributed by atoms with E-state index in [4.69, 9.17) is 0 Å². The van der Waals surface area contributed by atoms with E-state index in [1.807, 2.05) is 6.92 Å². The number of rotatable bonds is 4. The summed E-state index contributed by atoms with van der Waals surface area (Å²) < 4.78 is 78.0. The molecule has 2 N–H and O–H groups in total. The molecule has 0 aliphatic heterocycles. The van der Waals surface area contributed by atoms with Crippen LogP contribution in [0.5, 0.6) is 0 Å². The van der Waals surface area contributed by atoms with E-state index in [0.29, 0.717) is 23.7 Å². The minimum absolute atomic E-state index is 0.0379. The van der Waals surface area contributed by atoms with Crippen LogP contribution >= 0.6 is 0 Å². The number of aliphatic hydroxyl groups excluding tert-OH is 1. The maximum atomic E-state index is 13.0. The van der Waals surface area contributed by atoms with Crippen LogP contribution in [0.15, 0.2) is 12.2 Å². The van der Waals surface area contributed by atoms with Crippen molar-refractivity contribution in [2.45, 2.75) is 109 Å². The maximum absolute atomic E-state index is 13.0. The molecule has 2 nitrogen and oxygen atoms in total. The molecule has 0 bridgehead atoms. The highest BCUT2D eigenvalue weighted by atomic mass is 19.4. The summed E-state index contributed by atoms with van der Waals surface area (Å²) in [5.74, 6) is 2.51. The third-order valence-corrected chi connectivity index (χ3v) is 11.1. The van der Waals surface area contributed by atoms with Gasteiger partial charge in [-0.3, -0.25) is 0 Å². The Balaban J connectivity index is 1.47. The number of hydrogen-bond acceptors (Lipinski definition) is 2. The molecule has 0 aromatic heterocycles. The first kappa shape index (κ1) is 27.3. The van der Waals surface area contributed by atoms with Crippen molar-refractivity contribution < 1.29 is 36.6 Å². The molecule has 4 aliphatic rings. The quantitative estimate of drug-likeness (QED) is 0.305. The first-order valence-corrected chi connectivity index (χ1v) is 13.3. The lowest BCUT2D eigenvalue weighted by molar-refractivity contribution is -0.347. The molecule has 8 heteroatoms. The Morgan fingerprint density at radius 2 is 1.46 bits per heavy atom. The van der Waals surface area contributed by atoms with E-state index in [-0.39, 0.29) is 41.3 Å². The van der Waals surface area contributed by atoms with Crippen LogP contribution in [-0.4, -0.2) is 34.3 Å². The summed E-state index contributed by atoms with van der Waals surface area (Å²) in [6.07, 6.45) is -1.69. The molecule has 0 heterocycles. The number of allylic oxidation sites excluding steroid dienone is 1. The van der Waals surface area contributed by atoms with E-state index >= 15 is 0 Å². The summed E-state index contributed by atoms with van der Waals surface area (Å²) in [7, 11) is 0. The van der Waals surface area contributed by atoms with Crippen LogP contribution in [0, 0.1) is 46.3 Å². The van der Waals surface area contributed by atoms with Gasteiger partial charge < -0.3 is 10.2 Å². The summed E-state index contributed by atoms with van der Waals surface area (Å²) in [6.45, 7) is 6.65. The lowest BCUT2D eigenvalue weighted by Gasteiger charge is -2.61. The number of fused-ring (bicyclic) bond motifs is 5. The smallest absolute Gasteiger partial charge is 0.393 e. The first-order chi connectivity index (χ1) is 16.0. The van der Waals surface area contributed by atoms with Gasteiger partial charge in [-0.25, -0.2) is 0 Å². The summed E-state index contributed by atoms with van der Waals surface area (Å²) in [6, 6.07) is 0. The van der Waals surface area contributed by atoms with Crippen LogP contribution < -0.4 is 0 Å². The summed E-state index contributed by atoms with van der Waals surface area (Å²) >= 11 is 0. The van der Waals surface area contributed by atoms with Crippen LogP contribution in [0.1, 0.15) is 85.0 Å². The van der Waals surface area contributed by atoms with Crippen molar-refractivity contribution in [2.24, 2.45) is 46.3 Å². The van der Waals surface area contributed by atoms with E-state index in [1.54, 1.807) is 0 Å². The Kier molecular flexibility index (Phi) is 6.95. The van der Waals surface area contributed by atoms with E-state index in [2.05, 4.69) is 13.8 Å². The molecular formula is C27H40F6O2. The van der Waals surface area contributed by atoms with Crippen molar-refractivity contribution in [1.29, 1.82) is 0 Å². The van der Waals surface area contributed by atoms with Crippen molar-refractivity contribution in [2.75, 3.05) is 0 Å². The summed E-state index contributed by atoms with van der Waals surface area (Å²) in [5, 5.41) is 19.6. The average molecular weight is 511 g/mol. The predicted octanol–water partition coefficient (Wildman–Crippen LogP) is 7.44.